The van der Waals surface area contributed by atoms with Gasteiger partial charge in [-0.15, -0.1) is 0 Å². The number of thioether (sulfide) groups is 1. The third kappa shape index (κ3) is 3.73. The Morgan fingerprint density at radius 2 is 2.05 bits per heavy atom. The van der Waals surface area contributed by atoms with Gasteiger partial charge in [0.05, 0.1) is 10.9 Å². The fraction of sp³-hybridized carbons (Fsp3) is 0.438. The monoisotopic (exact) mass is 304 g/mol. The summed E-state index contributed by atoms with van der Waals surface area (Å²) in [5.74, 6) is 0.986. The van der Waals surface area contributed by atoms with E-state index < -0.39 is 0 Å². The molecule has 1 aromatic carbocycles. The summed E-state index contributed by atoms with van der Waals surface area (Å²) in [4.78, 5) is 28.2. The first-order chi connectivity index (χ1) is 10.0. The highest BCUT2D eigenvalue weighted by atomic mass is 32.2. The summed E-state index contributed by atoms with van der Waals surface area (Å²) in [7, 11) is 0. The summed E-state index contributed by atoms with van der Waals surface area (Å²) in [5.41, 5.74) is 0.734. The summed E-state index contributed by atoms with van der Waals surface area (Å²) in [6.45, 7) is 5.57. The van der Waals surface area contributed by atoms with Crippen LogP contribution in [-0.4, -0.2) is 21.1 Å². The number of ketones is 1. The molecule has 2 aromatic rings. The summed E-state index contributed by atoms with van der Waals surface area (Å²) < 4.78 is 1.74. The molecule has 1 aromatic heterocycles. The van der Waals surface area contributed by atoms with Crippen LogP contribution in [0.25, 0.3) is 10.9 Å². The third-order valence-corrected chi connectivity index (χ3v) is 4.24. The lowest BCUT2D eigenvalue weighted by molar-refractivity contribution is -0.117. The van der Waals surface area contributed by atoms with Gasteiger partial charge < -0.3 is 4.79 Å². The second kappa shape index (κ2) is 6.89. The van der Waals surface area contributed by atoms with E-state index in [1.807, 2.05) is 38.1 Å². The summed E-state index contributed by atoms with van der Waals surface area (Å²) in [6.07, 6.45) is 1.38. The second-order valence-corrected chi connectivity index (χ2v) is 6.40. The van der Waals surface area contributed by atoms with Gasteiger partial charge in [-0.05, 0) is 39.3 Å². The zero-order valence-corrected chi connectivity index (χ0v) is 13.4. The van der Waals surface area contributed by atoms with E-state index in [4.69, 9.17) is 0 Å². The van der Waals surface area contributed by atoms with E-state index in [0.717, 1.165) is 22.8 Å². The maximum atomic E-state index is 12.6. The molecule has 21 heavy (non-hydrogen) atoms. The molecule has 0 atom stereocenters. The molecule has 0 radical (unpaired) electrons. The van der Waals surface area contributed by atoms with Gasteiger partial charge in [-0.25, -0.2) is 4.98 Å². The van der Waals surface area contributed by atoms with Crippen LogP contribution >= 0.6 is 11.8 Å². The molecule has 2 rings (SSSR count). The number of hydrogen-bond donors (Lipinski definition) is 0. The van der Waals surface area contributed by atoms with Crippen LogP contribution in [0.5, 0.6) is 0 Å². The Morgan fingerprint density at radius 1 is 1.33 bits per heavy atom. The van der Waals surface area contributed by atoms with Crippen LogP contribution in [-0.2, 0) is 4.79 Å². The van der Waals surface area contributed by atoms with Crippen LogP contribution in [0.3, 0.4) is 0 Å². The fourth-order valence-corrected chi connectivity index (χ4v) is 3.23. The topological polar surface area (TPSA) is 52.0 Å². The molecule has 0 amide bonds. The SMILES string of the molecule is CC(=O)CCCSc1nc2ccccc2c(=O)n1C(C)C. The predicted molar refractivity (Wildman–Crippen MR) is 87.0 cm³/mol. The highest BCUT2D eigenvalue weighted by Gasteiger charge is 2.13. The van der Waals surface area contributed by atoms with Crippen molar-refractivity contribution in [3.63, 3.8) is 0 Å². The van der Waals surface area contributed by atoms with Crippen molar-refractivity contribution in [2.45, 2.75) is 44.8 Å². The third-order valence-electron chi connectivity index (χ3n) is 3.20. The number of para-hydroxylation sites is 1. The first-order valence-electron chi connectivity index (χ1n) is 7.14. The van der Waals surface area contributed by atoms with Gasteiger partial charge in [0.25, 0.3) is 5.56 Å². The Kier molecular flexibility index (Phi) is 5.17. The summed E-state index contributed by atoms with van der Waals surface area (Å²) in [6, 6.07) is 7.48. The number of rotatable bonds is 6. The predicted octanol–water partition coefficient (Wildman–Crippen LogP) is 3.44. The van der Waals surface area contributed by atoms with Gasteiger partial charge >= 0.3 is 0 Å². The van der Waals surface area contributed by atoms with Gasteiger partial charge in [-0.3, -0.25) is 9.36 Å². The van der Waals surface area contributed by atoms with Crippen LogP contribution in [0.1, 0.15) is 39.7 Å². The zero-order chi connectivity index (χ0) is 15.4. The molecule has 1 heterocycles. The normalized spacial score (nSPS) is 11.2. The van der Waals surface area contributed by atoms with Crippen molar-refractivity contribution < 1.29 is 4.79 Å². The Labute approximate surface area is 128 Å². The van der Waals surface area contributed by atoms with Crippen LogP contribution < -0.4 is 5.56 Å². The van der Waals surface area contributed by atoms with Gasteiger partial charge in [0.1, 0.15) is 5.78 Å². The van der Waals surface area contributed by atoms with Crippen LogP contribution in [0.4, 0.5) is 0 Å². The smallest absolute Gasteiger partial charge is 0.262 e. The quantitative estimate of drug-likeness (QED) is 0.466. The van der Waals surface area contributed by atoms with E-state index in [1.54, 1.807) is 23.3 Å². The van der Waals surface area contributed by atoms with Crippen molar-refractivity contribution >= 4 is 28.4 Å². The number of aromatic nitrogens is 2. The van der Waals surface area contributed by atoms with Crippen molar-refractivity contribution in [3.05, 3.63) is 34.6 Å². The minimum Gasteiger partial charge on any atom is -0.300 e. The number of nitrogens with zero attached hydrogens (tertiary/aromatic N) is 2. The van der Waals surface area contributed by atoms with Crippen molar-refractivity contribution in [1.29, 1.82) is 0 Å². The molecule has 0 aliphatic rings. The van der Waals surface area contributed by atoms with E-state index in [1.165, 1.54) is 0 Å². The largest absolute Gasteiger partial charge is 0.300 e. The summed E-state index contributed by atoms with van der Waals surface area (Å²) in [5, 5.41) is 1.39. The number of fused-ring (bicyclic) bond motifs is 1. The van der Waals surface area contributed by atoms with E-state index in [0.29, 0.717) is 11.8 Å². The lowest BCUT2D eigenvalue weighted by atomic mass is 10.2. The van der Waals surface area contributed by atoms with Crippen molar-refractivity contribution in [3.8, 4) is 0 Å². The zero-order valence-electron chi connectivity index (χ0n) is 12.6. The molecule has 0 N–H and O–H groups in total. The van der Waals surface area contributed by atoms with Crippen molar-refractivity contribution in [1.82, 2.24) is 9.55 Å². The molecular weight excluding hydrogens is 284 g/mol. The lowest BCUT2D eigenvalue weighted by Crippen LogP contribution is -2.25. The Hall–Kier alpha value is -1.62. The molecule has 4 nitrogen and oxygen atoms in total. The minimum absolute atomic E-state index is 0.00432. The first kappa shape index (κ1) is 15.8. The minimum atomic E-state index is 0.00432. The van der Waals surface area contributed by atoms with Gasteiger partial charge in [-0.1, -0.05) is 23.9 Å². The Bertz CT molecular complexity index is 707. The number of carbonyl (C=O) groups is 1. The van der Waals surface area contributed by atoms with E-state index in [9.17, 15) is 9.59 Å². The van der Waals surface area contributed by atoms with Crippen LogP contribution in [0.2, 0.25) is 0 Å². The molecule has 0 saturated carbocycles. The first-order valence-corrected chi connectivity index (χ1v) is 8.12. The molecule has 0 saturated heterocycles. The maximum Gasteiger partial charge on any atom is 0.262 e. The molecule has 5 heteroatoms. The standard InChI is InChI=1S/C16H20N2O2S/c1-11(2)18-15(20)13-8-4-5-9-14(13)17-16(18)21-10-6-7-12(3)19/h4-5,8-9,11H,6-7,10H2,1-3H3. The number of benzene rings is 1. The molecule has 0 aliphatic heterocycles. The Morgan fingerprint density at radius 3 is 2.71 bits per heavy atom. The second-order valence-electron chi connectivity index (χ2n) is 5.33. The molecule has 0 aliphatic carbocycles. The van der Waals surface area contributed by atoms with E-state index in [2.05, 4.69) is 4.98 Å². The number of hydrogen-bond acceptors (Lipinski definition) is 4. The fourth-order valence-electron chi connectivity index (χ4n) is 2.17. The molecule has 0 fully saturated rings. The highest BCUT2D eigenvalue weighted by Crippen LogP contribution is 2.21. The van der Waals surface area contributed by atoms with Crippen molar-refractivity contribution in [2.24, 2.45) is 0 Å². The molecular formula is C16H20N2O2S. The maximum absolute atomic E-state index is 12.6. The highest BCUT2D eigenvalue weighted by molar-refractivity contribution is 7.99. The van der Waals surface area contributed by atoms with Gasteiger partial charge in [0.15, 0.2) is 5.16 Å². The average molecular weight is 304 g/mol. The lowest BCUT2D eigenvalue weighted by Gasteiger charge is -2.15. The average Bonchev–Trinajstić information content (AvgIpc) is 2.43. The Balaban J connectivity index is 2.34. The van der Waals surface area contributed by atoms with E-state index >= 15 is 0 Å². The van der Waals surface area contributed by atoms with E-state index in [-0.39, 0.29) is 17.4 Å². The molecule has 112 valence electrons. The number of Topliss-reactive ketones (excluding diaryl/α,β-unsaturated/α-hetero) is 1. The number of carbonyl (C=O) groups excluding carboxylic acids is 1. The molecule has 0 bridgehead atoms. The van der Waals surface area contributed by atoms with Crippen LogP contribution in [0.15, 0.2) is 34.2 Å². The van der Waals surface area contributed by atoms with Gasteiger partial charge in [0, 0.05) is 18.2 Å². The molecule has 0 unspecified atom stereocenters. The van der Waals surface area contributed by atoms with Crippen molar-refractivity contribution in [2.75, 3.05) is 5.75 Å². The van der Waals surface area contributed by atoms with Gasteiger partial charge in [-0.2, -0.15) is 0 Å². The van der Waals surface area contributed by atoms with Crippen LogP contribution in [0, 0.1) is 0 Å². The van der Waals surface area contributed by atoms with Gasteiger partial charge in [0.2, 0.25) is 0 Å². The summed E-state index contributed by atoms with van der Waals surface area (Å²) >= 11 is 1.55. The molecule has 0 spiro atoms.